The van der Waals surface area contributed by atoms with Crippen LogP contribution in [-0.2, 0) is 0 Å². The Hall–Kier alpha value is -0.0400. The van der Waals surface area contributed by atoms with E-state index in [4.69, 9.17) is 0 Å². The Labute approximate surface area is 69.6 Å². The summed E-state index contributed by atoms with van der Waals surface area (Å²) in [5, 5.41) is 3.66. The van der Waals surface area contributed by atoms with Crippen LogP contribution >= 0.6 is 0 Å². The molecule has 11 heavy (non-hydrogen) atoms. The van der Waals surface area contributed by atoms with Crippen molar-refractivity contribution in [2.24, 2.45) is 17.8 Å². The first kappa shape index (κ1) is 7.60. The minimum Gasteiger partial charge on any atom is -0.311 e. The van der Waals surface area contributed by atoms with Gasteiger partial charge in [0.05, 0.1) is 0 Å². The predicted octanol–water partition coefficient (Wildman–Crippen LogP) is 2.03. The second-order valence-electron chi connectivity index (χ2n) is 4.63. The number of rotatable bonds is 0. The molecule has 1 N–H and O–H groups in total. The fraction of sp³-hybridized carbons (Fsp3) is 1.00. The van der Waals surface area contributed by atoms with Crippen LogP contribution in [0.15, 0.2) is 0 Å². The van der Waals surface area contributed by atoms with Crippen LogP contribution in [0.4, 0.5) is 0 Å². The molecule has 1 saturated carbocycles. The minimum atomic E-state index is 0.743. The molecule has 2 aliphatic rings. The van der Waals surface area contributed by atoms with E-state index in [1.807, 2.05) is 0 Å². The molecule has 1 aliphatic carbocycles. The molecule has 5 unspecified atom stereocenters. The van der Waals surface area contributed by atoms with Gasteiger partial charge in [0.1, 0.15) is 0 Å². The van der Waals surface area contributed by atoms with Crippen molar-refractivity contribution in [3.05, 3.63) is 0 Å². The van der Waals surface area contributed by atoms with Gasteiger partial charge in [-0.1, -0.05) is 6.92 Å². The highest BCUT2D eigenvalue weighted by Crippen LogP contribution is 2.49. The van der Waals surface area contributed by atoms with Gasteiger partial charge in [-0.25, -0.2) is 0 Å². The Bertz CT molecular complexity index is 135. The maximum Gasteiger partial charge on any atom is 0.00723 e. The zero-order chi connectivity index (χ0) is 8.01. The zero-order valence-electron chi connectivity index (χ0n) is 7.80. The monoisotopic (exact) mass is 153 g/mol. The van der Waals surface area contributed by atoms with Crippen LogP contribution in [0.5, 0.6) is 0 Å². The molecule has 0 amide bonds. The summed E-state index contributed by atoms with van der Waals surface area (Å²) in [5.74, 6) is 3.03. The molecule has 64 valence electrons. The van der Waals surface area contributed by atoms with Crippen LogP contribution < -0.4 is 5.32 Å². The maximum atomic E-state index is 3.66. The summed E-state index contributed by atoms with van der Waals surface area (Å²) >= 11 is 0. The molecule has 0 radical (unpaired) electrons. The van der Waals surface area contributed by atoms with Gasteiger partial charge < -0.3 is 5.32 Å². The highest BCUT2D eigenvalue weighted by atomic mass is 15.0. The number of hydrogen-bond acceptors (Lipinski definition) is 1. The molecule has 1 heteroatoms. The first-order valence-corrected chi connectivity index (χ1v) is 4.94. The first-order chi connectivity index (χ1) is 5.18. The van der Waals surface area contributed by atoms with E-state index in [9.17, 15) is 0 Å². The normalized spacial score (nSPS) is 56.5. The third-order valence-electron chi connectivity index (χ3n) is 3.54. The second-order valence-corrected chi connectivity index (χ2v) is 4.63. The van der Waals surface area contributed by atoms with E-state index in [1.165, 1.54) is 12.8 Å². The van der Waals surface area contributed by atoms with Gasteiger partial charge in [0.2, 0.25) is 0 Å². The molecule has 1 aliphatic heterocycles. The molecule has 0 aromatic heterocycles. The van der Waals surface area contributed by atoms with Gasteiger partial charge in [0.25, 0.3) is 0 Å². The van der Waals surface area contributed by atoms with Crippen molar-refractivity contribution in [2.45, 2.75) is 45.7 Å². The Morgan fingerprint density at radius 1 is 1.00 bits per heavy atom. The topological polar surface area (TPSA) is 12.0 Å². The number of hydrogen-bond donors (Lipinski definition) is 1. The van der Waals surface area contributed by atoms with Gasteiger partial charge in [-0.3, -0.25) is 0 Å². The van der Waals surface area contributed by atoms with Crippen LogP contribution in [0.2, 0.25) is 0 Å². The maximum absolute atomic E-state index is 3.66. The predicted molar refractivity (Wildman–Crippen MR) is 47.4 cm³/mol. The van der Waals surface area contributed by atoms with Gasteiger partial charge in [0.15, 0.2) is 0 Å². The number of nitrogens with one attached hydrogen (secondary N) is 1. The zero-order valence-corrected chi connectivity index (χ0v) is 7.80. The van der Waals surface area contributed by atoms with Crippen molar-refractivity contribution in [3.8, 4) is 0 Å². The van der Waals surface area contributed by atoms with Crippen LogP contribution in [-0.4, -0.2) is 12.1 Å². The van der Waals surface area contributed by atoms with E-state index in [-0.39, 0.29) is 0 Å². The quantitative estimate of drug-likeness (QED) is 0.561. The summed E-state index contributed by atoms with van der Waals surface area (Å²) in [6.07, 6.45) is 2.87. The Balaban J connectivity index is 2.03. The van der Waals surface area contributed by atoms with Crippen molar-refractivity contribution in [1.29, 1.82) is 0 Å². The third kappa shape index (κ3) is 1.31. The van der Waals surface area contributed by atoms with Gasteiger partial charge in [0, 0.05) is 12.1 Å². The molecule has 2 fully saturated rings. The van der Waals surface area contributed by atoms with E-state index in [0.717, 1.165) is 29.8 Å². The highest BCUT2D eigenvalue weighted by molar-refractivity contribution is 4.99. The standard InChI is InChI=1S/C10H19N/c1-6-4-7(2)11-8(3)10-5-9(6)10/h6-11H,4-5H2,1-3H3. The molecular formula is C10H19N. The summed E-state index contributed by atoms with van der Waals surface area (Å²) in [7, 11) is 0. The Morgan fingerprint density at radius 3 is 2.45 bits per heavy atom. The Morgan fingerprint density at radius 2 is 1.73 bits per heavy atom. The summed E-state index contributed by atoms with van der Waals surface area (Å²) in [4.78, 5) is 0. The molecular weight excluding hydrogens is 134 g/mol. The number of fused-ring (bicyclic) bond motifs is 1. The van der Waals surface area contributed by atoms with Crippen molar-refractivity contribution < 1.29 is 0 Å². The lowest BCUT2D eigenvalue weighted by Gasteiger charge is -2.17. The third-order valence-corrected chi connectivity index (χ3v) is 3.54. The minimum absolute atomic E-state index is 0.743. The molecule has 1 heterocycles. The van der Waals surface area contributed by atoms with Crippen LogP contribution in [0.25, 0.3) is 0 Å². The van der Waals surface area contributed by atoms with Crippen molar-refractivity contribution in [2.75, 3.05) is 0 Å². The average Bonchev–Trinajstić information content (AvgIpc) is 2.62. The molecule has 0 bridgehead atoms. The molecule has 2 rings (SSSR count). The molecule has 1 nitrogen and oxygen atoms in total. The molecule has 0 aromatic carbocycles. The fourth-order valence-corrected chi connectivity index (χ4v) is 2.84. The lowest BCUT2D eigenvalue weighted by molar-refractivity contribution is 0.410. The van der Waals surface area contributed by atoms with E-state index in [1.54, 1.807) is 0 Å². The lowest BCUT2D eigenvalue weighted by atomic mass is 9.98. The largest absolute Gasteiger partial charge is 0.311 e. The van der Waals surface area contributed by atoms with E-state index in [0.29, 0.717) is 0 Å². The van der Waals surface area contributed by atoms with E-state index < -0.39 is 0 Å². The van der Waals surface area contributed by atoms with Crippen LogP contribution in [0.1, 0.15) is 33.6 Å². The van der Waals surface area contributed by atoms with E-state index >= 15 is 0 Å². The summed E-state index contributed by atoms with van der Waals surface area (Å²) in [6, 6.07) is 1.52. The summed E-state index contributed by atoms with van der Waals surface area (Å²) < 4.78 is 0. The van der Waals surface area contributed by atoms with Crippen molar-refractivity contribution in [1.82, 2.24) is 5.32 Å². The van der Waals surface area contributed by atoms with Gasteiger partial charge in [-0.05, 0) is 44.4 Å². The van der Waals surface area contributed by atoms with Crippen LogP contribution in [0, 0.1) is 17.8 Å². The lowest BCUT2D eigenvalue weighted by Crippen LogP contribution is -2.34. The molecule has 1 saturated heterocycles. The van der Waals surface area contributed by atoms with Gasteiger partial charge in [-0.15, -0.1) is 0 Å². The first-order valence-electron chi connectivity index (χ1n) is 4.94. The summed E-state index contributed by atoms with van der Waals surface area (Å²) in [6.45, 7) is 7.08. The average molecular weight is 153 g/mol. The molecule has 5 atom stereocenters. The van der Waals surface area contributed by atoms with E-state index in [2.05, 4.69) is 26.1 Å². The van der Waals surface area contributed by atoms with Gasteiger partial charge >= 0.3 is 0 Å². The molecule has 0 aromatic rings. The second kappa shape index (κ2) is 2.48. The van der Waals surface area contributed by atoms with Gasteiger partial charge in [-0.2, -0.15) is 0 Å². The van der Waals surface area contributed by atoms with Crippen LogP contribution in [0.3, 0.4) is 0 Å². The molecule has 0 spiro atoms. The summed E-state index contributed by atoms with van der Waals surface area (Å²) in [5.41, 5.74) is 0. The SMILES string of the molecule is CC1CC(C)C2CC2C(C)N1. The van der Waals surface area contributed by atoms with Crippen molar-refractivity contribution >= 4 is 0 Å². The van der Waals surface area contributed by atoms with Crippen molar-refractivity contribution in [3.63, 3.8) is 0 Å². The smallest absolute Gasteiger partial charge is 0.00723 e. The fourth-order valence-electron chi connectivity index (χ4n) is 2.84. The highest BCUT2D eigenvalue weighted by Gasteiger charge is 2.46. The Kier molecular flexibility index (Phi) is 1.71.